The second-order valence-corrected chi connectivity index (χ2v) is 27.5. The number of rotatable bonds is 0. The Bertz CT molecular complexity index is 1490. The van der Waals surface area contributed by atoms with E-state index >= 15 is 0 Å². The highest BCUT2D eigenvalue weighted by Gasteiger charge is 2.26. The molecule has 11 heteroatoms. The Labute approximate surface area is 432 Å². The van der Waals surface area contributed by atoms with Crippen molar-refractivity contribution in [1.29, 1.82) is 0 Å². The number of thiazole rings is 1. The first-order valence-electron chi connectivity index (χ1n) is 26.5. The molecule has 0 aliphatic carbocycles. The summed E-state index contributed by atoms with van der Waals surface area (Å²) in [6, 6.07) is 5.72. The van der Waals surface area contributed by atoms with E-state index in [1.807, 2.05) is 42.3 Å². The van der Waals surface area contributed by atoms with Crippen LogP contribution in [0.3, 0.4) is 0 Å². The molecule has 4 aliphatic rings. The molecule has 3 aromatic heterocycles. The number of pyridine rings is 1. The van der Waals surface area contributed by atoms with Gasteiger partial charge < -0.3 is 14.2 Å². The molecule has 69 heavy (non-hydrogen) atoms. The molecule has 402 valence electrons. The summed E-state index contributed by atoms with van der Waals surface area (Å²) >= 11 is 1.72. The number of nitrogens with zero attached hydrogens (tertiary/aromatic N) is 9. The van der Waals surface area contributed by atoms with Crippen LogP contribution in [0.2, 0.25) is 0 Å². The van der Waals surface area contributed by atoms with Crippen molar-refractivity contribution in [2.75, 3.05) is 85.7 Å². The molecule has 7 rings (SSSR count). The lowest BCUT2D eigenvalue weighted by Gasteiger charge is -2.41. The number of hydrogen-bond acceptors (Lipinski definition) is 10. The highest BCUT2D eigenvalue weighted by molar-refractivity contribution is 7.09. The molecule has 0 amide bonds. The Balaban J connectivity index is 0.000000773. The molecule has 3 aromatic rings. The molecule has 0 spiro atoms. The Morgan fingerprint density at radius 3 is 1.06 bits per heavy atom. The number of ether oxygens (including phenoxy) is 1. The van der Waals surface area contributed by atoms with E-state index in [0.29, 0.717) is 27.6 Å². The topological polar surface area (TPSA) is 69.0 Å². The number of imidazole rings is 1. The smallest absolute Gasteiger partial charge is 0.0978 e. The molecule has 0 N–H and O–H groups in total. The van der Waals surface area contributed by atoms with Crippen LogP contribution < -0.4 is 0 Å². The normalized spacial score (nSPS) is 18.2. The average molecular weight is 985 g/mol. The summed E-state index contributed by atoms with van der Waals surface area (Å²) in [5.74, 6) is 0. The summed E-state index contributed by atoms with van der Waals surface area (Å²) in [5, 5.41) is 3.23. The summed E-state index contributed by atoms with van der Waals surface area (Å²) < 4.78 is 7.33. The average Bonchev–Trinajstić information content (AvgIpc) is 4.08. The fourth-order valence-electron chi connectivity index (χ4n) is 7.23. The summed E-state index contributed by atoms with van der Waals surface area (Å²) in [4.78, 5) is 24.5. The van der Waals surface area contributed by atoms with Crippen LogP contribution in [0.15, 0.2) is 60.9 Å². The van der Waals surface area contributed by atoms with Crippen molar-refractivity contribution in [3.8, 4) is 0 Å². The van der Waals surface area contributed by atoms with Crippen molar-refractivity contribution >= 4 is 11.3 Å². The van der Waals surface area contributed by atoms with Crippen LogP contribution in [0.5, 0.6) is 0 Å². The first-order chi connectivity index (χ1) is 31.5. The third-order valence-corrected chi connectivity index (χ3v) is 12.9. The Morgan fingerprint density at radius 1 is 0.435 bits per heavy atom. The molecule has 0 aromatic carbocycles. The molecule has 0 radical (unpaired) electrons. The monoisotopic (exact) mass is 984 g/mol. The number of piperidine rings is 1. The SMILES string of the molecule is CC(C)(C)C.CC(C)(C)N1CCCC1.CC(C)(C)N1CCCCC1.CC(C)(C)N1CCOCC1.CC(C)(C)c1nccs1.CC(C)(C)n1ccnc1.CN1CCN(C(C)(C)C)CC1.c1ccncc1. The maximum Gasteiger partial charge on any atom is 0.0978 e. The second-order valence-electron chi connectivity index (χ2n) is 26.6. The van der Waals surface area contributed by atoms with Gasteiger partial charge in [-0.25, -0.2) is 9.97 Å². The van der Waals surface area contributed by atoms with E-state index in [9.17, 15) is 0 Å². The molecule has 0 unspecified atom stereocenters. The van der Waals surface area contributed by atoms with E-state index in [0.717, 1.165) is 26.3 Å². The zero-order valence-electron chi connectivity index (χ0n) is 49.6. The molecule has 0 atom stereocenters. The lowest BCUT2D eigenvalue weighted by atomic mass is 9.98. The number of piperazine rings is 1. The van der Waals surface area contributed by atoms with E-state index in [1.165, 1.54) is 89.5 Å². The third-order valence-electron chi connectivity index (χ3n) is 11.7. The van der Waals surface area contributed by atoms with Gasteiger partial charge in [0.1, 0.15) is 0 Å². The number of likely N-dealkylation sites (tertiary alicyclic amines) is 2. The lowest BCUT2D eigenvalue weighted by molar-refractivity contribution is -0.00389. The van der Waals surface area contributed by atoms with E-state index < -0.39 is 0 Å². The Kier molecular flexibility index (Phi) is 31.0. The Morgan fingerprint density at radius 2 is 0.826 bits per heavy atom. The molecule has 10 nitrogen and oxygen atoms in total. The zero-order chi connectivity index (χ0) is 53.2. The standard InChI is InChI=1S/C9H20N2.C9H19N.C8H17NO.C8H17N.C7H12N2.C7H11NS.C5H5N.C5H12/c1-9(2,3)11-7-5-10(4)6-8-11;1-9(2,3)10-7-5-4-6-8-10;1-8(2,3)9-4-6-10-7-5-9;1-8(2,3)9-6-4-5-7-9;1-7(2,3)9-5-4-8-6-9;1-7(2,3)6-8-4-5-9-6;1-2-4-6-5-3-1;1-5(2,3)4/h5-8H2,1-4H3;4-8H2,1-3H3;4-7H2,1-3H3;4-7H2,1-3H3;4-6H,1-3H3;4-5H,1-3H3;1-5H;1-4H3. The van der Waals surface area contributed by atoms with E-state index in [4.69, 9.17) is 4.74 Å². The van der Waals surface area contributed by atoms with Crippen LogP contribution in [-0.4, -0.2) is 152 Å². The molecular formula is C58H113N9OS. The van der Waals surface area contributed by atoms with Crippen molar-refractivity contribution in [3.05, 3.63) is 65.9 Å². The molecule has 0 saturated carbocycles. The van der Waals surface area contributed by atoms with Gasteiger partial charge >= 0.3 is 0 Å². The van der Waals surface area contributed by atoms with E-state index in [1.54, 1.807) is 29.9 Å². The van der Waals surface area contributed by atoms with Gasteiger partial charge in [0.15, 0.2) is 0 Å². The third kappa shape index (κ3) is 35.5. The van der Waals surface area contributed by atoms with Gasteiger partial charge in [-0.2, -0.15) is 0 Å². The van der Waals surface area contributed by atoms with Crippen LogP contribution >= 0.6 is 11.3 Å². The summed E-state index contributed by atoms with van der Waals surface area (Å²) in [6.45, 7) is 63.2. The second kappa shape index (κ2) is 32.0. The van der Waals surface area contributed by atoms with E-state index in [-0.39, 0.29) is 11.0 Å². The largest absolute Gasteiger partial charge is 0.379 e. The molecule has 0 bridgehead atoms. The van der Waals surface area contributed by atoms with Crippen molar-refractivity contribution < 1.29 is 4.74 Å². The van der Waals surface area contributed by atoms with Gasteiger partial charge in [-0.3, -0.25) is 24.6 Å². The number of aromatic nitrogens is 4. The summed E-state index contributed by atoms with van der Waals surface area (Å²) in [7, 11) is 2.19. The van der Waals surface area contributed by atoms with Gasteiger partial charge in [0.25, 0.3) is 0 Å². The zero-order valence-corrected chi connectivity index (χ0v) is 50.5. The van der Waals surface area contributed by atoms with Gasteiger partial charge in [0, 0.05) is 109 Å². The fourth-order valence-corrected chi connectivity index (χ4v) is 7.95. The molecule has 4 saturated heterocycles. The van der Waals surface area contributed by atoms with Gasteiger partial charge in [-0.1, -0.05) is 61.0 Å². The first kappa shape index (κ1) is 66.8. The van der Waals surface area contributed by atoms with Crippen molar-refractivity contribution in [2.45, 2.75) is 218 Å². The number of morpholine rings is 1. The maximum absolute atomic E-state index is 5.25. The number of hydrogen-bond donors (Lipinski definition) is 0. The predicted molar refractivity (Wildman–Crippen MR) is 304 cm³/mol. The quantitative estimate of drug-likeness (QED) is 0.219. The van der Waals surface area contributed by atoms with Gasteiger partial charge in [-0.05, 0) is 180 Å². The lowest BCUT2D eigenvalue weighted by Crippen LogP contribution is -2.52. The fraction of sp³-hybridized carbons (Fsp3) is 0.810. The minimum atomic E-state index is 0.177. The van der Waals surface area contributed by atoms with Gasteiger partial charge in [-0.15, -0.1) is 11.3 Å². The maximum atomic E-state index is 5.25. The van der Waals surface area contributed by atoms with Crippen molar-refractivity contribution in [2.24, 2.45) is 5.41 Å². The van der Waals surface area contributed by atoms with Crippen molar-refractivity contribution in [1.82, 2.24) is 44.0 Å². The van der Waals surface area contributed by atoms with E-state index in [2.05, 4.69) is 203 Å². The Hall–Kier alpha value is -2.25. The summed E-state index contributed by atoms with van der Waals surface area (Å²) in [6.07, 6.45) is 18.0. The van der Waals surface area contributed by atoms with Crippen LogP contribution in [-0.2, 0) is 15.7 Å². The van der Waals surface area contributed by atoms with Gasteiger partial charge in [0.2, 0.25) is 0 Å². The van der Waals surface area contributed by atoms with Crippen LogP contribution in [0.25, 0.3) is 0 Å². The summed E-state index contributed by atoms with van der Waals surface area (Å²) in [5.41, 5.74) is 2.41. The predicted octanol–water partition coefficient (Wildman–Crippen LogP) is 13.5. The molecule has 4 fully saturated rings. The first-order valence-corrected chi connectivity index (χ1v) is 27.4. The van der Waals surface area contributed by atoms with Crippen LogP contribution in [0, 0.1) is 5.41 Å². The van der Waals surface area contributed by atoms with Crippen LogP contribution in [0.4, 0.5) is 0 Å². The molecule has 7 heterocycles. The molecular weight excluding hydrogens is 871 g/mol. The van der Waals surface area contributed by atoms with Gasteiger partial charge in [0.05, 0.1) is 24.5 Å². The molecule has 4 aliphatic heterocycles. The minimum absolute atomic E-state index is 0.177. The minimum Gasteiger partial charge on any atom is -0.379 e. The highest BCUT2D eigenvalue weighted by Crippen LogP contribution is 2.24. The van der Waals surface area contributed by atoms with Crippen LogP contribution in [0.1, 0.15) is 189 Å². The highest BCUT2D eigenvalue weighted by atomic mass is 32.1. The van der Waals surface area contributed by atoms with Crippen molar-refractivity contribution in [3.63, 3.8) is 0 Å². The number of likely N-dealkylation sites (N-methyl/N-ethyl adjacent to an activating group) is 1.